The summed E-state index contributed by atoms with van der Waals surface area (Å²) in [4.78, 5) is 47.4. The van der Waals surface area contributed by atoms with Crippen LogP contribution in [0, 0.1) is 25.6 Å². The van der Waals surface area contributed by atoms with E-state index in [0.717, 1.165) is 35.0 Å². The van der Waals surface area contributed by atoms with E-state index < -0.39 is 27.1 Å². The van der Waals surface area contributed by atoms with Crippen LogP contribution in [0.1, 0.15) is 109 Å². The van der Waals surface area contributed by atoms with Crippen LogP contribution in [0.3, 0.4) is 0 Å². The standard InChI is InChI=1S/C49H52FN9O6S/c1-27-20-36(21-28(2)42(27)50)59-43(57-17-16-56(47(57)62)35-9-10-37-32(23-35)14-19-66(7,63)54-37)41-30(4)55(15-12-38(41)52-59)44(60)40-24-34-22-31(33-13-18-64-48(5,6)26-33)8-11-39(34)58(40)49(25-29(49)3)45-51-46(61)65-53-45/h8-11,16-17,20-24,29-30,33H,12-15,18-19,25-26H2,1-7H3,(H,51,53,61)/t29-,30-,33-,49-,66-/m0/s1. The monoisotopic (exact) mass is 913 g/mol. The highest BCUT2D eigenvalue weighted by Gasteiger charge is 2.59. The largest absolute Gasteiger partial charge is 0.438 e. The quantitative estimate of drug-likeness (QED) is 0.170. The Morgan fingerprint density at radius 1 is 0.955 bits per heavy atom. The number of imidazole rings is 1. The minimum absolute atomic E-state index is 0.0163. The molecule has 0 spiro atoms. The number of benzene rings is 3. The molecule has 3 aliphatic heterocycles. The number of rotatable bonds is 7. The normalized spacial score (nSPS) is 24.5. The molecule has 3 aromatic carbocycles. The van der Waals surface area contributed by atoms with Crippen molar-refractivity contribution in [1.29, 1.82) is 0 Å². The molecule has 342 valence electrons. The molecule has 0 unspecified atom stereocenters. The van der Waals surface area contributed by atoms with Crippen LogP contribution in [0.5, 0.6) is 0 Å². The maximum Gasteiger partial charge on any atom is 0.438 e. The first-order valence-electron chi connectivity index (χ1n) is 22.6. The van der Waals surface area contributed by atoms with Gasteiger partial charge in [-0.3, -0.25) is 23.4 Å². The summed E-state index contributed by atoms with van der Waals surface area (Å²) in [5.41, 5.74) is 6.06. The summed E-state index contributed by atoms with van der Waals surface area (Å²) < 4.78 is 50.4. The summed E-state index contributed by atoms with van der Waals surface area (Å²) >= 11 is 0. The molecule has 66 heavy (non-hydrogen) atoms. The Balaban J connectivity index is 1.05. The van der Waals surface area contributed by atoms with Crippen LogP contribution in [-0.4, -0.2) is 79.4 Å². The van der Waals surface area contributed by atoms with Gasteiger partial charge in [-0.25, -0.2) is 22.9 Å². The fourth-order valence-corrected chi connectivity index (χ4v) is 12.3. The van der Waals surface area contributed by atoms with E-state index in [1.54, 1.807) is 70.6 Å². The number of carbonyl (C=O) groups is 1. The molecule has 4 aromatic heterocycles. The first kappa shape index (κ1) is 42.3. The summed E-state index contributed by atoms with van der Waals surface area (Å²) in [7, 11) is -2.31. The van der Waals surface area contributed by atoms with Crippen LogP contribution >= 0.6 is 0 Å². The maximum absolute atomic E-state index is 15.6. The Labute approximate surface area is 380 Å². The summed E-state index contributed by atoms with van der Waals surface area (Å²) in [5.74, 6) is 0.334. The van der Waals surface area contributed by atoms with Crippen molar-refractivity contribution in [2.75, 3.05) is 25.2 Å². The molecular weight excluding hydrogens is 862 g/mol. The second-order valence-electron chi connectivity index (χ2n) is 19.5. The molecule has 15 nitrogen and oxygen atoms in total. The number of aromatic nitrogens is 7. The zero-order valence-corrected chi connectivity index (χ0v) is 38.9. The van der Waals surface area contributed by atoms with Crippen LogP contribution in [0.4, 0.5) is 10.1 Å². The van der Waals surface area contributed by atoms with E-state index in [0.29, 0.717) is 89.3 Å². The van der Waals surface area contributed by atoms with Crippen molar-refractivity contribution >= 4 is 32.2 Å². The van der Waals surface area contributed by atoms with E-state index in [1.807, 2.05) is 28.5 Å². The Hall–Kier alpha value is -6.33. The van der Waals surface area contributed by atoms with E-state index in [-0.39, 0.29) is 34.9 Å². The van der Waals surface area contributed by atoms with Gasteiger partial charge in [-0.15, -0.1) is 0 Å². The summed E-state index contributed by atoms with van der Waals surface area (Å²) in [5, 5.41) is 10.2. The van der Waals surface area contributed by atoms with Crippen molar-refractivity contribution < 1.29 is 22.7 Å². The fourth-order valence-electron chi connectivity index (χ4n) is 11.0. The minimum Gasteiger partial charge on any atom is -0.376 e. The van der Waals surface area contributed by atoms with E-state index in [1.165, 1.54) is 5.56 Å². The molecule has 1 saturated heterocycles. The topological polar surface area (TPSA) is 168 Å². The SMILES string of the molecule is Cc1cc(-n2nc3c(c2-n2ccn(-c4ccc5c(c4)CC[S@](C)(=O)=N5)c2=O)[C@H](C)N(C(=O)c2cc4cc([C@H]5CCOC(C)(C)C5)ccc4n2[C@@]2(c4noc(=O)[nH]4)C[C@@H]2C)CC3)cc(C)c1F. The Kier molecular flexibility index (Phi) is 9.51. The van der Waals surface area contributed by atoms with Gasteiger partial charge in [0.1, 0.15) is 22.9 Å². The number of nitrogens with one attached hydrogen (secondary N) is 1. The summed E-state index contributed by atoms with van der Waals surface area (Å²) in [6.07, 6.45) is 8.40. The Bertz CT molecular complexity index is 3410. The number of H-pyrrole nitrogens is 1. The Morgan fingerprint density at radius 3 is 2.42 bits per heavy atom. The predicted octanol–water partition coefficient (Wildman–Crippen LogP) is 7.70. The van der Waals surface area contributed by atoms with Crippen molar-refractivity contribution in [2.24, 2.45) is 10.3 Å². The lowest BCUT2D eigenvalue weighted by Crippen LogP contribution is -2.41. The number of hydrogen-bond donors (Lipinski definition) is 1. The summed E-state index contributed by atoms with van der Waals surface area (Å²) in [6.45, 7) is 12.7. The Morgan fingerprint density at radius 2 is 1.71 bits per heavy atom. The van der Waals surface area contributed by atoms with Gasteiger partial charge in [0.05, 0.1) is 34.4 Å². The molecule has 0 radical (unpaired) electrons. The zero-order chi connectivity index (χ0) is 46.2. The van der Waals surface area contributed by atoms with Crippen LogP contribution in [0.25, 0.3) is 28.1 Å². The van der Waals surface area contributed by atoms with Gasteiger partial charge >= 0.3 is 11.4 Å². The lowest BCUT2D eigenvalue weighted by molar-refractivity contribution is -0.0592. The van der Waals surface area contributed by atoms with Crippen LogP contribution in [0.15, 0.2) is 85.5 Å². The van der Waals surface area contributed by atoms with Crippen LogP contribution in [-0.2, 0) is 32.8 Å². The van der Waals surface area contributed by atoms with Crippen molar-refractivity contribution in [2.45, 2.75) is 96.7 Å². The molecular formula is C49H52FN9O6S. The van der Waals surface area contributed by atoms with Gasteiger partial charge in [-0.2, -0.15) is 9.46 Å². The highest BCUT2D eigenvalue weighted by atomic mass is 32.2. The second-order valence-corrected chi connectivity index (χ2v) is 22.0. The van der Waals surface area contributed by atoms with E-state index in [9.17, 15) is 13.8 Å². The van der Waals surface area contributed by atoms with E-state index in [2.05, 4.69) is 53.5 Å². The third kappa shape index (κ3) is 6.67. The fraction of sp³-hybridized carbons (Fsp3) is 0.408. The molecule has 17 heteroatoms. The molecule has 2 fully saturated rings. The molecule has 1 saturated carbocycles. The average molecular weight is 914 g/mol. The highest BCUT2D eigenvalue weighted by molar-refractivity contribution is 7.93. The van der Waals surface area contributed by atoms with Gasteiger partial charge in [0.2, 0.25) is 0 Å². The molecule has 1 aliphatic carbocycles. The zero-order valence-electron chi connectivity index (χ0n) is 38.1. The molecule has 11 rings (SSSR count). The maximum atomic E-state index is 15.6. The van der Waals surface area contributed by atoms with Crippen LogP contribution < -0.4 is 11.4 Å². The van der Waals surface area contributed by atoms with E-state index in [4.69, 9.17) is 14.4 Å². The van der Waals surface area contributed by atoms with Crippen molar-refractivity contribution in [3.63, 3.8) is 0 Å². The van der Waals surface area contributed by atoms with Gasteiger partial charge in [0.25, 0.3) is 5.91 Å². The lowest BCUT2D eigenvalue weighted by atomic mass is 9.83. The average Bonchev–Trinajstić information content (AvgIpc) is 3.77. The minimum atomic E-state index is -2.31. The van der Waals surface area contributed by atoms with Crippen molar-refractivity contribution in [1.82, 2.24) is 38.5 Å². The third-order valence-corrected chi connectivity index (χ3v) is 16.0. The molecule has 4 aliphatic rings. The predicted molar refractivity (Wildman–Crippen MR) is 248 cm³/mol. The number of halogens is 1. The van der Waals surface area contributed by atoms with E-state index >= 15 is 9.18 Å². The molecule has 1 amide bonds. The second kappa shape index (κ2) is 14.8. The highest BCUT2D eigenvalue weighted by Crippen LogP contribution is 2.56. The van der Waals surface area contributed by atoms with Gasteiger partial charge in [0, 0.05) is 70.2 Å². The summed E-state index contributed by atoms with van der Waals surface area (Å²) in [6, 6.07) is 16.7. The molecule has 1 N–H and O–H groups in total. The number of aryl methyl sites for hydroxylation is 3. The van der Waals surface area contributed by atoms with Gasteiger partial charge in [-0.1, -0.05) is 18.1 Å². The molecule has 7 aromatic rings. The number of amides is 1. The molecule has 5 atom stereocenters. The smallest absolute Gasteiger partial charge is 0.376 e. The molecule has 0 bridgehead atoms. The number of fused-ring (bicyclic) bond motifs is 3. The number of nitrogens with zero attached hydrogens (tertiary/aromatic N) is 8. The number of aromatic amines is 1. The van der Waals surface area contributed by atoms with Gasteiger partial charge < -0.3 is 14.2 Å². The van der Waals surface area contributed by atoms with Crippen molar-refractivity contribution in [3.8, 4) is 17.2 Å². The lowest BCUT2D eigenvalue weighted by Gasteiger charge is -2.35. The third-order valence-electron chi connectivity index (χ3n) is 14.5. The first-order chi connectivity index (χ1) is 31.4. The molecule has 7 heterocycles. The van der Waals surface area contributed by atoms with Crippen LogP contribution in [0.2, 0.25) is 0 Å². The number of hydrogen-bond acceptors (Lipinski definition) is 9. The van der Waals surface area contributed by atoms with Gasteiger partial charge in [0.15, 0.2) is 5.82 Å². The number of carbonyl (C=O) groups excluding carboxylic acids is 1. The van der Waals surface area contributed by atoms with Gasteiger partial charge in [-0.05, 0) is 143 Å². The number of ether oxygens (including phenoxy) is 1. The first-order valence-corrected chi connectivity index (χ1v) is 24.7. The van der Waals surface area contributed by atoms with Crippen molar-refractivity contribution in [3.05, 3.63) is 139 Å².